The molecular formula is C27H32ClN5O2S. The monoisotopic (exact) mass is 525 g/mol. The molecule has 2 aromatic carbocycles. The highest BCUT2D eigenvalue weighted by Gasteiger charge is 2.25. The lowest BCUT2D eigenvalue weighted by atomic mass is 10.0. The molecule has 3 aromatic rings. The number of carbonyl (C=O) groups excluding carboxylic acids is 2. The fourth-order valence-electron chi connectivity index (χ4n) is 3.75. The summed E-state index contributed by atoms with van der Waals surface area (Å²) in [5.41, 5.74) is 3.36. The zero-order valence-corrected chi connectivity index (χ0v) is 22.6. The van der Waals surface area contributed by atoms with Gasteiger partial charge >= 0.3 is 0 Å². The average Bonchev–Trinajstić information content (AvgIpc) is 3.23. The first-order valence-electron chi connectivity index (χ1n) is 11.8. The molecule has 0 aliphatic rings. The summed E-state index contributed by atoms with van der Waals surface area (Å²) in [5.74, 6) is 0.663. The van der Waals surface area contributed by atoms with Crippen molar-refractivity contribution in [2.24, 2.45) is 5.92 Å². The van der Waals surface area contributed by atoms with Crippen LogP contribution >= 0.6 is 23.4 Å². The summed E-state index contributed by atoms with van der Waals surface area (Å²) in [5, 5.41) is 15.8. The van der Waals surface area contributed by atoms with Crippen LogP contribution in [0.25, 0.3) is 0 Å². The van der Waals surface area contributed by atoms with Crippen LogP contribution in [0.1, 0.15) is 53.6 Å². The highest BCUT2D eigenvalue weighted by atomic mass is 35.5. The average molecular weight is 526 g/mol. The largest absolute Gasteiger partial charge is 0.342 e. The number of thioether (sulfide) groups is 1. The van der Waals surface area contributed by atoms with E-state index < -0.39 is 0 Å². The predicted molar refractivity (Wildman–Crippen MR) is 147 cm³/mol. The van der Waals surface area contributed by atoms with Gasteiger partial charge in [-0.1, -0.05) is 67.6 Å². The van der Waals surface area contributed by atoms with Crippen LogP contribution in [0.5, 0.6) is 0 Å². The number of hydrogen-bond donors (Lipinski definition) is 2. The number of nitrogens with one attached hydrogen (secondary N) is 2. The van der Waals surface area contributed by atoms with Gasteiger partial charge in [0.2, 0.25) is 5.91 Å². The van der Waals surface area contributed by atoms with Crippen LogP contribution in [0.4, 0.5) is 5.69 Å². The molecule has 36 heavy (non-hydrogen) atoms. The van der Waals surface area contributed by atoms with Gasteiger partial charge in [-0.05, 0) is 55.5 Å². The maximum atomic E-state index is 13.0. The second-order valence-electron chi connectivity index (χ2n) is 8.96. The Morgan fingerprint density at radius 2 is 1.89 bits per heavy atom. The molecule has 0 saturated carbocycles. The third kappa shape index (κ3) is 6.98. The number of amides is 2. The quantitative estimate of drug-likeness (QED) is 0.237. The van der Waals surface area contributed by atoms with E-state index in [4.69, 9.17) is 11.6 Å². The summed E-state index contributed by atoms with van der Waals surface area (Å²) in [6.07, 6.45) is 2.40. The topological polar surface area (TPSA) is 88.9 Å². The van der Waals surface area contributed by atoms with Crippen LogP contribution in [0.3, 0.4) is 0 Å². The Kier molecular flexibility index (Phi) is 9.73. The van der Waals surface area contributed by atoms with Crippen molar-refractivity contribution in [3.05, 3.63) is 82.7 Å². The summed E-state index contributed by atoms with van der Waals surface area (Å²) in [6, 6.07) is 12.4. The predicted octanol–water partition coefficient (Wildman–Crippen LogP) is 5.98. The van der Waals surface area contributed by atoms with E-state index in [1.165, 1.54) is 11.8 Å². The molecule has 0 bridgehead atoms. The molecule has 3 rings (SSSR count). The molecule has 7 nitrogen and oxygen atoms in total. The van der Waals surface area contributed by atoms with Gasteiger partial charge in [0, 0.05) is 12.2 Å². The number of carbonyl (C=O) groups is 2. The first kappa shape index (κ1) is 27.5. The second-order valence-corrected chi connectivity index (χ2v) is 10.3. The van der Waals surface area contributed by atoms with E-state index in [-0.39, 0.29) is 29.5 Å². The molecule has 0 saturated heterocycles. The first-order valence-corrected chi connectivity index (χ1v) is 13.2. The zero-order chi connectivity index (χ0) is 26.2. The maximum Gasteiger partial charge on any atom is 0.253 e. The van der Waals surface area contributed by atoms with Crippen molar-refractivity contribution in [2.45, 2.75) is 51.9 Å². The molecule has 0 radical (unpaired) electrons. The lowest BCUT2D eigenvalue weighted by Crippen LogP contribution is -2.32. The van der Waals surface area contributed by atoms with Crippen molar-refractivity contribution in [3.63, 3.8) is 0 Å². The van der Waals surface area contributed by atoms with Crippen molar-refractivity contribution >= 4 is 40.9 Å². The lowest BCUT2D eigenvalue weighted by molar-refractivity contribution is -0.113. The maximum absolute atomic E-state index is 13.0. The van der Waals surface area contributed by atoms with E-state index in [0.717, 1.165) is 16.8 Å². The van der Waals surface area contributed by atoms with Gasteiger partial charge in [0.05, 0.1) is 22.4 Å². The van der Waals surface area contributed by atoms with Gasteiger partial charge in [-0.2, -0.15) is 0 Å². The van der Waals surface area contributed by atoms with Crippen LogP contribution in [0.15, 0.2) is 60.3 Å². The van der Waals surface area contributed by atoms with Gasteiger partial charge < -0.3 is 15.2 Å². The van der Waals surface area contributed by atoms with E-state index in [9.17, 15) is 9.59 Å². The number of nitrogens with zero attached hydrogens (tertiary/aromatic N) is 3. The molecule has 1 heterocycles. The number of anilines is 1. The molecule has 1 atom stereocenters. The van der Waals surface area contributed by atoms with Crippen molar-refractivity contribution in [1.29, 1.82) is 0 Å². The first-order chi connectivity index (χ1) is 17.2. The van der Waals surface area contributed by atoms with Crippen molar-refractivity contribution in [3.8, 4) is 0 Å². The van der Waals surface area contributed by atoms with Crippen molar-refractivity contribution < 1.29 is 9.59 Å². The fraction of sp³-hybridized carbons (Fsp3) is 0.333. The molecule has 0 aliphatic carbocycles. The summed E-state index contributed by atoms with van der Waals surface area (Å²) < 4.78 is 1.89. The van der Waals surface area contributed by atoms with Crippen molar-refractivity contribution in [2.75, 3.05) is 11.1 Å². The van der Waals surface area contributed by atoms with Crippen LogP contribution in [0.2, 0.25) is 5.02 Å². The normalized spacial score (nSPS) is 11.8. The number of hydrogen-bond acceptors (Lipinski definition) is 5. The van der Waals surface area contributed by atoms with Gasteiger partial charge in [0.15, 0.2) is 11.0 Å². The Bertz CT molecular complexity index is 1240. The highest BCUT2D eigenvalue weighted by Crippen LogP contribution is 2.27. The lowest BCUT2D eigenvalue weighted by Gasteiger charge is -2.21. The SMILES string of the molecule is C=CCn1c(SCC(=O)Nc2cccc(C)c2C)nnc1[C@H](CC(C)C)NC(=O)c1ccccc1Cl. The molecule has 2 N–H and O–H groups in total. The van der Waals surface area contributed by atoms with Gasteiger partial charge in [0.25, 0.3) is 5.91 Å². The van der Waals surface area contributed by atoms with Crippen LogP contribution in [0, 0.1) is 19.8 Å². The molecule has 2 amide bonds. The molecule has 0 fully saturated rings. The van der Waals surface area contributed by atoms with E-state index in [1.807, 2.05) is 36.6 Å². The van der Waals surface area contributed by atoms with Crippen LogP contribution in [-0.2, 0) is 11.3 Å². The highest BCUT2D eigenvalue weighted by molar-refractivity contribution is 7.99. The third-order valence-corrected chi connectivity index (χ3v) is 7.01. The molecule has 0 aliphatic heterocycles. The van der Waals surface area contributed by atoms with Crippen LogP contribution in [-0.4, -0.2) is 32.3 Å². The van der Waals surface area contributed by atoms with Crippen LogP contribution < -0.4 is 10.6 Å². The number of aryl methyl sites for hydroxylation is 1. The number of benzene rings is 2. The number of allylic oxidation sites excluding steroid dienone is 1. The fourth-order valence-corrected chi connectivity index (χ4v) is 4.73. The number of rotatable bonds is 11. The Labute approximate surface area is 221 Å². The Balaban J connectivity index is 1.79. The van der Waals surface area contributed by atoms with Gasteiger partial charge in [-0.3, -0.25) is 9.59 Å². The molecule has 0 spiro atoms. The van der Waals surface area contributed by atoms with Crippen molar-refractivity contribution in [1.82, 2.24) is 20.1 Å². The summed E-state index contributed by atoms with van der Waals surface area (Å²) in [6.45, 7) is 12.5. The molecule has 0 unspecified atom stereocenters. The number of halogens is 1. The minimum Gasteiger partial charge on any atom is -0.342 e. The zero-order valence-electron chi connectivity index (χ0n) is 21.0. The Morgan fingerprint density at radius 1 is 1.14 bits per heavy atom. The second kappa shape index (κ2) is 12.7. The standard InChI is InChI=1S/C27H32ClN5O2S/c1-6-14-33-25(23(15-17(2)3)30-26(35)20-11-7-8-12-21(20)28)31-32-27(33)36-16-24(34)29-22-13-9-10-18(4)19(22)5/h6-13,17,23H,1,14-16H2,2-5H3,(H,29,34)(H,30,35)/t23-/m0/s1. The molecule has 9 heteroatoms. The van der Waals surface area contributed by atoms with E-state index >= 15 is 0 Å². The smallest absolute Gasteiger partial charge is 0.253 e. The van der Waals surface area contributed by atoms with Gasteiger partial charge in [-0.15, -0.1) is 16.8 Å². The third-order valence-electron chi connectivity index (χ3n) is 5.71. The van der Waals surface area contributed by atoms with Gasteiger partial charge in [0.1, 0.15) is 0 Å². The molecular weight excluding hydrogens is 494 g/mol. The van der Waals surface area contributed by atoms with Gasteiger partial charge in [-0.25, -0.2) is 0 Å². The minimum absolute atomic E-state index is 0.130. The summed E-state index contributed by atoms with van der Waals surface area (Å²) in [7, 11) is 0. The molecule has 190 valence electrons. The van der Waals surface area contributed by atoms with E-state index in [1.54, 1.807) is 30.3 Å². The number of aromatic nitrogens is 3. The molecule has 1 aromatic heterocycles. The summed E-state index contributed by atoms with van der Waals surface area (Å²) in [4.78, 5) is 25.7. The minimum atomic E-state index is -0.389. The van der Waals surface area contributed by atoms with E-state index in [0.29, 0.717) is 34.5 Å². The Hall–Kier alpha value is -3.10. The summed E-state index contributed by atoms with van der Waals surface area (Å²) >= 11 is 7.53. The Morgan fingerprint density at radius 3 is 2.58 bits per heavy atom. The van der Waals surface area contributed by atoms with E-state index in [2.05, 4.69) is 41.3 Å².